The number of nitrogens with one attached hydrogen (secondary N) is 2. The second kappa shape index (κ2) is 12.5. The van der Waals surface area contributed by atoms with Crippen molar-refractivity contribution in [1.82, 2.24) is 15.7 Å². The van der Waals surface area contributed by atoms with Crippen LogP contribution in [0.4, 0.5) is 13.2 Å². The SMILES string of the molecule is C=C(NCCC)c1ccc(CCN(C)C(=O)CCNOc2ccc(C(F)(F)F)cc2Cl)cc1. The summed E-state index contributed by atoms with van der Waals surface area (Å²) in [6, 6.07) is 10.9. The molecule has 0 saturated heterocycles. The lowest BCUT2D eigenvalue weighted by molar-refractivity contribution is -0.137. The number of carbonyl (C=O) groups is 1. The number of carbonyl (C=O) groups excluding carboxylic acids is 1. The highest BCUT2D eigenvalue weighted by Gasteiger charge is 2.31. The minimum absolute atomic E-state index is 0.0569. The van der Waals surface area contributed by atoms with Gasteiger partial charge in [0.15, 0.2) is 5.75 Å². The Morgan fingerprint density at radius 2 is 1.85 bits per heavy atom. The standard InChI is InChI=1S/C24H29ClF3N3O2/c1-4-13-29-17(2)19-7-5-18(6-8-19)12-15-31(3)23(32)11-14-30-33-22-10-9-20(16-21(22)25)24(26,27)28/h5-10,16,29-30H,2,4,11-15H2,1,3H3. The number of rotatable bonds is 12. The van der Waals surface area contributed by atoms with Gasteiger partial charge in [-0.2, -0.15) is 18.7 Å². The van der Waals surface area contributed by atoms with Gasteiger partial charge in [-0.15, -0.1) is 0 Å². The van der Waals surface area contributed by atoms with E-state index in [1.165, 1.54) is 0 Å². The number of hydroxylamine groups is 1. The first-order valence-electron chi connectivity index (χ1n) is 10.6. The molecule has 9 heteroatoms. The number of hydrogen-bond acceptors (Lipinski definition) is 4. The number of nitrogens with zero attached hydrogens (tertiary/aromatic N) is 1. The average molecular weight is 484 g/mol. The molecule has 0 aromatic heterocycles. The second-order valence-electron chi connectivity index (χ2n) is 7.56. The summed E-state index contributed by atoms with van der Waals surface area (Å²) >= 11 is 5.83. The lowest BCUT2D eigenvalue weighted by atomic mass is 10.1. The molecule has 0 aliphatic rings. The van der Waals surface area contributed by atoms with Gasteiger partial charge in [-0.1, -0.05) is 49.4 Å². The number of hydrogen-bond donors (Lipinski definition) is 2. The van der Waals surface area contributed by atoms with Crippen LogP contribution in [0.2, 0.25) is 5.02 Å². The van der Waals surface area contributed by atoms with Crippen LogP contribution in [0.3, 0.4) is 0 Å². The summed E-state index contributed by atoms with van der Waals surface area (Å²) in [7, 11) is 1.72. The Hall–Kier alpha value is -2.71. The van der Waals surface area contributed by atoms with Crippen molar-refractivity contribution in [3.8, 4) is 5.75 Å². The molecule has 5 nitrogen and oxygen atoms in total. The third kappa shape index (κ3) is 8.63. The predicted octanol–water partition coefficient (Wildman–Crippen LogP) is 5.30. The van der Waals surface area contributed by atoms with Gasteiger partial charge in [0.05, 0.1) is 10.6 Å². The maximum atomic E-state index is 12.7. The highest BCUT2D eigenvalue weighted by Crippen LogP contribution is 2.34. The monoisotopic (exact) mass is 483 g/mol. The fraction of sp³-hybridized carbons (Fsp3) is 0.375. The molecule has 2 N–H and O–H groups in total. The molecule has 0 aliphatic heterocycles. The molecule has 0 bridgehead atoms. The number of amides is 1. The van der Waals surface area contributed by atoms with Gasteiger partial charge >= 0.3 is 6.18 Å². The van der Waals surface area contributed by atoms with Crippen LogP contribution in [0, 0.1) is 0 Å². The molecule has 1 amide bonds. The van der Waals surface area contributed by atoms with E-state index in [9.17, 15) is 18.0 Å². The summed E-state index contributed by atoms with van der Waals surface area (Å²) in [5.74, 6) is -0.0279. The highest BCUT2D eigenvalue weighted by molar-refractivity contribution is 6.32. The van der Waals surface area contributed by atoms with Crippen molar-refractivity contribution in [2.24, 2.45) is 0 Å². The molecule has 33 heavy (non-hydrogen) atoms. The first-order chi connectivity index (χ1) is 15.6. The maximum absolute atomic E-state index is 12.7. The molecule has 2 rings (SSSR count). The Bertz CT molecular complexity index is 934. The Morgan fingerprint density at radius 3 is 2.45 bits per heavy atom. The summed E-state index contributed by atoms with van der Waals surface area (Å²) < 4.78 is 38.0. The van der Waals surface area contributed by atoms with Gasteiger partial charge in [-0.05, 0) is 42.2 Å². The number of benzene rings is 2. The van der Waals surface area contributed by atoms with Crippen molar-refractivity contribution >= 4 is 23.2 Å². The Morgan fingerprint density at radius 1 is 1.15 bits per heavy atom. The molecule has 2 aromatic rings. The number of alkyl halides is 3. The molecule has 2 aromatic carbocycles. The Labute approximate surface area is 197 Å². The van der Waals surface area contributed by atoms with E-state index >= 15 is 0 Å². The molecule has 0 aliphatic carbocycles. The fourth-order valence-electron chi connectivity index (χ4n) is 2.91. The average Bonchev–Trinajstić information content (AvgIpc) is 2.78. The molecule has 0 saturated carbocycles. The minimum atomic E-state index is -4.48. The van der Waals surface area contributed by atoms with Crippen LogP contribution < -0.4 is 15.6 Å². The number of halogens is 4. The van der Waals surface area contributed by atoms with Crippen LogP contribution in [0.5, 0.6) is 5.75 Å². The lowest BCUT2D eigenvalue weighted by Gasteiger charge is -2.18. The zero-order valence-electron chi connectivity index (χ0n) is 18.8. The van der Waals surface area contributed by atoms with Gasteiger partial charge in [0.25, 0.3) is 0 Å². The fourth-order valence-corrected chi connectivity index (χ4v) is 3.13. The molecule has 0 unspecified atom stereocenters. The predicted molar refractivity (Wildman–Crippen MR) is 125 cm³/mol. The van der Waals surface area contributed by atoms with Gasteiger partial charge in [0, 0.05) is 38.8 Å². The topological polar surface area (TPSA) is 53.6 Å². The Balaban J connectivity index is 1.72. The zero-order valence-corrected chi connectivity index (χ0v) is 19.5. The van der Waals surface area contributed by atoms with Gasteiger partial charge in [-0.25, -0.2) is 0 Å². The molecular weight excluding hydrogens is 455 g/mol. The summed E-state index contributed by atoms with van der Waals surface area (Å²) in [4.78, 5) is 19.1. The van der Waals surface area contributed by atoms with E-state index in [0.29, 0.717) is 13.0 Å². The normalized spacial score (nSPS) is 11.2. The number of likely N-dealkylation sites (N-methyl/N-ethyl adjacent to an activating group) is 1. The van der Waals surface area contributed by atoms with Crippen LogP contribution in [0.25, 0.3) is 5.70 Å². The first-order valence-corrected chi connectivity index (χ1v) is 11.0. The third-order valence-corrected chi connectivity index (χ3v) is 5.23. The van der Waals surface area contributed by atoms with Gasteiger partial charge in [0.1, 0.15) is 0 Å². The van der Waals surface area contributed by atoms with E-state index < -0.39 is 11.7 Å². The first kappa shape index (κ1) is 26.5. The van der Waals surface area contributed by atoms with Crippen molar-refractivity contribution in [3.63, 3.8) is 0 Å². The Kier molecular flexibility index (Phi) is 10.1. The quantitative estimate of drug-likeness (QED) is 0.317. The smallest absolute Gasteiger partial charge is 0.407 e. The highest BCUT2D eigenvalue weighted by atomic mass is 35.5. The van der Waals surface area contributed by atoms with E-state index in [-0.39, 0.29) is 29.6 Å². The van der Waals surface area contributed by atoms with Crippen molar-refractivity contribution in [1.29, 1.82) is 0 Å². The molecule has 0 atom stereocenters. The summed E-state index contributed by atoms with van der Waals surface area (Å²) in [6.07, 6.45) is -2.57. The van der Waals surface area contributed by atoms with Gasteiger partial charge < -0.3 is 15.1 Å². The van der Waals surface area contributed by atoms with Crippen LogP contribution in [-0.4, -0.2) is 37.5 Å². The van der Waals surface area contributed by atoms with E-state index in [2.05, 4.69) is 24.3 Å². The molecule has 0 radical (unpaired) electrons. The van der Waals surface area contributed by atoms with E-state index in [1.54, 1.807) is 11.9 Å². The van der Waals surface area contributed by atoms with E-state index in [4.69, 9.17) is 16.4 Å². The van der Waals surface area contributed by atoms with E-state index in [1.807, 2.05) is 24.3 Å². The molecular formula is C24H29ClF3N3O2. The van der Waals surface area contributed by atoms with Crippen LogP contribution in [0.15, 0.2) is 49.0 Å². The summed E-state index contributed by atoms with van der Waals surface area (Å²) in [6.45, 7) is 7.74. The largest absolute Gasteiger partial charge is 0.416 e. The molecule has 0 spiro atoms. The van der Waals surface area contributed by atoms with Crippen LogP contribution in [0.1, 0.15) is 36.5 Å². The summed E-state index contributed by atoms with van der Waals surface area (Å²) in [5.41, 5.74) is 4.75. The second-order valence-corrected chi connectivity index (χ2v) is 7.96. The lowest BCUT2D eigenvalue weighted by Crippen LogP contribution is -2.32. The van der Waals surface area contributed by atoms with Crippen molar-refractivity contribution in [3.05, 3.63) is 70.8 Å². The van der Waals surface area contributed by atoms with Crippen LogP contribution in [-0.2, 0) is 17.4 Å². The minimum Gasteiger partial charge on any atom is -0.407 e. The molecule has 0 fully saturated rings. The molecule has 180 valence electrons. The maximum Gasteiger partial charge on any atom is 0.416 e. The van der Waals surface area contributed by atoms with Crippen molar-refractivity contribution < 1.29 is 22.8 Å². The van der Waals surface area contributed by atoms with Crippen molar-refractivity contribution in [2.45, 2.75) is 32.4 Å². The third-order valence-electron chi connectivity index (χ3n) is 4.93. The van der Waals surface area contributed by atoms with Crippen molar-refractivity contribution in [2.75, 3.05) is 26.7 Å². The van der Waals surface area contributed by atoms with Gasteiger partial charge in [0.2, 0.25) is 5.91 Å². The zero-order chi connectivity index (χ0) is 24.4. The molecule has 0 heterocycles. The van der Waals surface area contributed by atoms with Gasteiger partial charge in [-0.3, -0.25) is 4.79 Å². The van der Waals surface area contributed by atoms with E-state index in [0.717, 1.165) is 48.0 Å². The van der Waals surface area contributed by atoms with Crippen LogP contribution >= 0.6 is 11.6 Å². The summed E-state index contributed by atoms with van der Waals surface area (Å²) in [5, 5.41) is 3.09.